The Bertz CT molecular complexity index is 280. The SMILES string of the molecule is C=CCc1ncsc1C(N)=O. The van der Waals surface area contributed by atoms with Crippen LogP contribution in [-0.4, -0.2) is 10.9 Å². The van der Waals surface area contributed by atoms with Gasteiger partial charge in [-0.2, -0.15) is 0 Å². The van der Waals surface area contributed by atoms with Crippen molar-refractivity contribution in [2.24, 2.45) is 5.73 Å². The fraction of sp³-hybridized carbons (Fsp3) is 0.143. The Morgan fingerprint density at radius 1 is 1.91 bits per heavy atom. The molecule has 0 aromatic carbocycles. The predicted octanol–water partition coefficient (Wildman–Crippen LogP) is 0.971. The molecule has 58 valence electrons. The number of aromatic nitrogens is 1. The zero-order valence-electron chi connectivity index (χ0n) is 5.91. The van der Waals surface area contributed by atoms with Crippen LogP contribution in [0.1, 0.15) is 15.4 Å². The van der Waals surface area contributed by atoms with Gasteiger partial charge in [-0.1, -0.05) is 6.08 Å². The van der Waals surface area contributed by atoms with E-state index < -0.39 is 5.91 Å². The number of carbonyl (C=O) groups is 1. The molecule has 0 aliphatic rings. The van der Waals surface area contributed by atoms with Gasteiger partial charge in [-0.15, -0.1) is 17.9 Å². The normalized spacial score (nSPS) is 9.45. The second kappa shape index (κ2) is 3.30. The Hall–Kier alpha value is -1.16. The number of hydrogen-bond acceptors (Lipinski definition) is 3. The van der Waals surface area contributed by atoms with Crippen molar-refractivity contribution in [1.29, 1.82) is 0 Å². The molecule has 0 aliphatic heterocycles. The molecule has 2 N–H and O–H groups in total. The van der Waals surface area contributed by atoms with Crippen LogP contribution < -0.4 is 5.73 Å². The molecule has 0 fully saturated rings. The molecule has 1 amide bonds. The number of nitrogens with two attached hydrogens (primary N) is 1. The van der Waals surface area contributed by atoms with Gasteiger partial charge in [-0.05, 0) is 0 Å². The van der Waals surface area contributed by atoms with Crippen molar-refractivity contribution < 1.29 is 4.79 Å². The molecule has 1 heterocycles. The third-order valence-electron chi connectivity index (χ3n) is 1.20. The zero-order valence-corrected chi connectivity index (χ0v) is 6.73. The Labute approximate surface area is 68.6 Å². The largest absolute Gasteiger partial charge is 0.365 e. The number of nitrogens with zero attached hydrogens (tertiary/aromatic N) is 1. The predicted molar refractivity (Wildman–Crippen MR) is 44.5 cm³/mol. The first-order chi connectivity index (χ1) is 5.25. The highest BCUT2D eigenvalue weighted by molar-refractivity contribution is 7.11. The maximum atomic E-state index is 10.7. The maximum absolute atomic E-state index is 10.7. The van der Waals surface area contributed by atoms with Gasteiger partial charge < -0.3 is 5.73 Å². The van der Waals surface area contributed by atoms with E-state index in [1.807, 2.05) is 0 Å². The van der Waals surface area contributed by atoms with Crippen LogP contribution in [0.5, 0.6) is 0 Å². The van der Waals surface area contributed by atoms with Gasteiger partial charge in [0.1, 0.15) is 4.88 Å². The van der Waals surface area contributed by atoms with E-state index in [0.29, 0.717) is 11.3 Å². The second-order valence-corrected chi connectivity index (χ2v) is 2.84. The summed E-state index contributed by atoms with van der Waals surface area (Å²) in [6.45, 7) is 3.55. The first-order valence-electron chi connectivity index (χ1n) is 3.08. The summed E-state index contributed by atoms with van der Waals surface area (Å²) in [6.07, 6.45) is 2.29. The van der Waals surface area contributed by atoms with Crippen molar-refractivity contribution in [3.8, 4) is 0 Å². The summed E-state index contributed by atoms with van der Waals surface area (Å²) in [5, 5.41) is 0. The lowest BCUT2D eigenvalue weighted by Crippen LogP contribution is -2.11. The number of thiazole rings is 1. The quantitative estimate of drug-likeness (QED) is 0.684. The van der Waals surface area contributed by atoms with Crippen molar-refractivity contribution in [3.05, 3.63) is 28.7 Å². The Balaban J connectivity index is 2.95. The van der Waals surface area contributed by atoms with E-state index in [1.54, 1.807) is 11.6 Å². The average Bonchev–Trinajstić information content (AvgIpc) is 2.36. The highest BCUT2D eigenvalue weighted by atomic mass is 32.1. The molecule has 0 unspecified atom stereocenters. The molecule has 0 saturated carbocycles. The van der Waals surface area contributed by atoms with Crippen LogP contribution in [0, 0.1) is 0 Å². The maximum Gasteiger partial charge on any atom is 0.260 e. The van der Waals surface area contributed by atoms with Gasteiger partial charge in [0.2, 0.25) is 0 Å². The average molecular weight is 168 g/mol. The van der Waals surface area contributed by atoms with Crippen molar-refractivity contribution >= 4 is 17.2 Å². The molecule has 1 rings (SSSR count). The highest BCUT2D eigenvalue weighted by Crippen LogP contribution is 2.12. The summed E-state index contributed by atoms with van der Waals surface area (Å²) < 4.78 is 0. The van der Waals surface area contributed by atoms with E-state index in [-0.39, 0.29) is 0 Å². The smallest absolute Gasteiger partial charge is 0.260 e. The molecule has 0 aliphatic carbocycles. The van der Waals surface area contributed by atoms with Gasteiger partial charge in [-0.3, -0.25) is 4.79 Å². The van der Waals surface area contributed by atoms with Crippen LogP contribution in [0.3, 0.4) is 0 Å². The van der Waals surface area contributed by atoms with Crippen LogP contribution >= 0.6 is 11.3 Å². The van der Waals surface area contributed by atoms with Crippen molar-refractivity contribution in [1.82, 2.24) is 4.98 Å². The molecular weight excluding hydrogens is 160 g/mol. The van der Waals surface area contributed by atoms with Crippen LogP contribution in [0.2, 0.25) is 0 Å². The van der Waals surface area contributed by atoms with E-state index in [1.165, 1.54) is 11.3 Å². The van der Waals surface area contributed by atoms with Gasteiger partial charge >= 0.3 is 0 Å². The zero-order chi connectivity index (χ0) is 8.27. The number of amides is 1. The summed E-state index contributed by atoms with van der Waals surface area (Å²) >= 11 is 1.26. The summed E-state index contributed by atoms with van der Waals surface area (Å²) in [5.74, 6) is -0.413. The first kappa shape index (κ1) is 7.94. The van der Waals surface area contributed by atoms with E-state index in [4.69, 9.17) is 5.73 Å². The lowest BCUT2D eigenvalue weighted by atomic mass is 10.2. The molecule has 1 aromatic heterocycles. The third kappa shape index (κ3) is 1.65. The van der Waals surface area contributed by atoms with Crippen LogP contribution in [0.25, 0.3) is 0 Å². The number of primary amides is 1. The molecule has 0 saturated heterocycles. The number of hydrogen-bond donors (Lipinski definition) is 1. The number of rotatable bonds is 3. The van der Waals surface area contributed by atoms with Crippen LogP contribution in [0.4, 0.5) is 0 Å². The van der Waals surface area contributed by atoms with E-state index in [0.717, 1.165) is 5.69 Å². The van der Waals surface area contributed by atoms with Gasteiger partial charge in [0, 0.05) is 6.42 Å². The number of allylic oxidation sites excluding steroid dienone is 1. The van der Waals surface area contributed by atoms with Gasteiger partial charge in [-0.25, -0.2) is 4.98 Å². The Morgan fingerprint density at radius 3 is 3.18 bits per heavy atom. The molecule has 0 bridgehead atoms. The molecular formula is C7H8N2OS. The van der Waals surface area contributed by atoms with Gasteiger partial charge in [0.15, 0.2) is 0 Å². The minimum absolute atomic E-state index is 0.413. The molecule has 1 aromatic rings. The second-order valence-electron chi connectivity index (χ2n) is 1.99. The van der Waals surface area contributed by atoms with Crippen molar-refractivity contribution in [3.63, 3.8) is 0 Å². The summed E-state index contributed by atoms with van der Waals surface area (Å²) in [4.78, 5) is 15.2. The monoisotopic (exact) mass is 168 g/mol. The molecule has 0 radical (unpaired) electrons. The standard InChI is InChI=1S/C7H8N2OS/c1-2-3-5-6(7(8)10)11-4-9-5/h2,4H,1,3H2,(H2,8,10). The summed E-state index contributed by atoms with van der Waals surface area (Å²) in [5.41, 5.74) is 7.42. The Kier molecular flexibility index (Phi) is 2.38. The lowest BCUT2D eigenvalue weighted by molar-refractivity contribution is 0.100. The van der Waals surface area contributed by atoms with Gasteiger partial charge in [0.05, 0.1) is 11.2 Å². The van der Waals surface area contributed by atoms with Crippen LogP contribution in [0.15, 0.2) is 18.2 Å². The summed E-state index contributed by atoms with van der Waals surface area (Å²) in [7, 11) is 0. The summed E-state index contributed by atoms with van der Waals surface area (Å²) in [6, 6.07) is 0. The minimum atomic E-state index is -0.413. The van der Waals surface area contributed by atoms with E-state index in [2.05, 4.69) is 11.6 Å². The fourth-order valence-electron chi connectivity index (χ4n) is 0.752. The van der Waals surface area contributed by atoms with E-state index >= 15 is 0 Å². The molecule has 4 heteroatoms. The fourth-order valence-corrected chi connectivity index (χ4v) is 1.43. The molecule has 11 heavy (non-hydrogen) atoms. The first-order valence-corrected chi connectivity index (χ1v) is 3.96. The lowest BCUT2D eigenvalue weighted by Gasteiger charge is -1.91. The highest BCUT2D eigenvalue weighted by Gasteiger charge is 2.08. The molecule has 0 spiro atoms. The van der Waals surface area contributed by atoms with Gasteiger partial charge in [0.25, 0.3) is 5.91 Å². The minimum Gasteiger partial charge on any atom is -0.365 e. The third-order valence-corrected chi connectivity index (χ3v) is 2.09. The van der Waals surface area contributed by atoms with Crippen molar-refractivity contribution in [2.75, 3.05) is 0 Å². The number of carbonyl (C=O) groups excluding carboxylic acids is 1. The molecule has 0 atom stereocenters. The molecule has 3 nitrogen and oxygen atoms in total. The van der Waals surface area contributed by atoms with Crippen molar-refractivity contribution in [2.45, 2.75) is 6.42 Å². The topological polar surface area (TPSA) is 56.0 Å². The Morgan fingerprint density at radius 2 is 2.64 bits per heavy atom. The van der Waals surface area contributed by atoms with E-state index in [9.17, 15) is 4.79 Å². The van der Waals surface area contributed by atoms with Crippen LogP contribution in [-0.2, 0) is 6.42 Å².